The highest BCUT2D eigenvalue weighted by Crippen LogP contribution is 2.32. The summed E-state index contributed by atoms with van der Waals surface area (Å²) in [5.74, 6) is 1.06. The number of anilines is 2. The fraction of sp³-hybridized carbons (Fsp3) is 0.706. The van der Waals surface area contributed by atoms with Gasteiger partial charge in [-0.3, -0.25) is 9.69 Å². The number of nitrogen functional groups attached to an aromatic ring is 1. The second-order valence-corrected chi connectivity index (χ2v) is 6.52. The van der Waals surface area contributed by atoms with Crippen LogP contribution in [0, 0.1) is 0 Å². The molecule has 3 heterocycles. The Morgan fingerprint density at radius 1 is 1.17 bits per heavy atom. The van der Waals surface area contributed by atoms with Gasteiger partial charge in [0.15, 0.2) is 0 Å². The maximum absolute atomic E-state index is 12.3. The summed E-state index contributed by atoms with van der Waals surface area (Å²) in [5, 5.41) is 0. The van der Waals surface area contributed by atoms with Gasteiger partial charge in [0, 0.05) is 12.1 Å². The summed E-state index contributed by atoms with van der Waals surface area (Å²) in [5.41, 5.74) is 6.75. The van der Waals surface area contributed by atoms with E-state index in [4.69, 9.17) is 10.5 Å². The molecule has 132 valence electrons. The van der Waals surface area contributed by atoms with E-state index in [-0.39, 0.29) is 11.9 Å². The first-order valence-electron chi connectivity index (χ1n) is 9.01. The molecule has 2 N–H and O–H groups in total. The molecule has 0 spiro atoms. The quantitative estimate of drug-likeness (QED) is 0.728. The van der Waals surface area contributed by atoms with Crippen molar-refractivity contribution in [2.45, 2.75) is 45.4 Å². The van der Waals surface area contributed by atoms with Gasteiger partial charge in [0.25, 0.3) is 0 Å². The van der Waals surface area contributed by atoms with E-state index in [1.165, 1.54) is 25.9 Å². The number of hydrogen-bond donors (Lipinski definition) is 1. The van der Waals surface area contributed by atoms with Gasteiger partial charge in [0.05, 0.1) is 13.0 Å². The van der Waals surface area contributed by atoms with Gasteiger partial charge in [0.2, 0.25) is 5.91 Å². The van der Waals surface area contributed by atoms with Gasteiger partial charge in [-0.05, 0) is 45.3 Å². The van der Waals surface area contributed by atoms with Crippen molar-refractivity contribution in [1.29, 1.82) is 0 Å². The van der Waals surface area contributed by atoms with E-state index < -0.39 is 0 Å². The minimum Gasteiger partial charge on any atom is -0.463 e. The van der Waals surface area contributed by atoms with Crippen molar-refractivity contribution in [3.63, 3.8) is 0 Å². The zero-order chi connectivity index (χ0) is 16.9. The fourth-order valence-corrected chi connectivity index (χ4v) is 3.29. The molecule has 3 rings (SSSR count). The van der Waals surface area contributed by atoms with Crippen LogP contribution in [0.25, 0.3) is 0 Å². The number of fused-ring (bicyclic) bond motifs is 1. The predicted octanol–water partition coefficient (Wildman–Crippen LogP) is 1.61. The van der Waals surface area contributed by atoms with Crippen molar-refractivity contribution in [3.8, 4) is 6.01 Å². The number of nitrogens with two attached hydrogens (primary N) is 1. The number of amides is 1. The monoisotopic (exact) mass is 333 g/mol. The van der Waals surface area contributed by atoms with Gasteiger partial charge >= 0.3 is 6.01 Å². The number of carbonyl (C=O) groups excluding carboxylic acids is 1. The number of unbranched alkanes of at least 4 members (excludes halogenated alkanes) is 1. The van der Waals surface area contributed by atoms with Crippen LogP contribution in [0.4, 0.5) is 11.6 Å². The molecule has 7 nitrogen and oxygen atoms in total. The SMILES string of the molecule is CCCCOc1nc(N)c2c(n1)N(CCCN1CCCC1)C(=O)C2. The second kappa shape index (κ2) is 7.79. The maximum atomic E-state index is 12.3. The highest BCUT2D eigenvalue weighted by Gasteiger charge is 2.32. The molecule has 0 aromatic carbocycles. The van der Waals surface area contributed by atoms with E-state index in [0.29, 0.717) is 31.2 Å². The molecule has 2 aliphatic heterocycles. The Balaban J connectivity index is 1.65. The van der Waals surface area contributed by atoms with Crippen LogP contribution >= 0.6 is 0 Å². The molecule has 1 aromatic heterocycles. The summed E-state index contributed by atoms with van der Waals surface area (Å²) in [4.78, 5) is 25.2. The first kappa shape index (κ1) is 17.0. The van der Waals surface area contributed by atoms with E-state index in [0.717, 1.165) is 31.4 Å². The number of ether oxygens (including phenoxy) is 1. The van der Waals surface area contributed by atoms with Gasteiger partial charge in [0.1, 0.15) is 11.6 Å². The van der Waals surface area contributed by atoms with Crippen LogP contribution in [-0.4, -0.2) is 53.6 Å². The van der Waals surface area contributed by atoms with E-state index in [1.807, 2.05) is 0 Å². The van der Waals surface area contributed by atoms with E-state index in [1.54, 1.807) is 4.90 Å². The van der Waals surface area contributed by atoms with Gasteiger partial charge < -0.3 is 15.4 Å². The Morgan fingerprint density at radius 3 is 2.71 bits per heavy atom. The first-order chi connectivity index (χ1) is 11.7. The smallest absolute Gasteiger partial charge is 0.320 e. The molecule has 0 unspecified atom stereocenters. The lowest BCUT2D eigenvalue weighted by Gasteiger charge is -2.19. The summed E-state index contributed by atoms with van der Waals surface area (Å²) in [6.07, 6.45) is 5.79. The van der Waals surface area contributed by atoms with Crippen molar-refractivity contribution in [2.24, 2.45) is 0 Å². The third-order valence-corrected chi connectivity index (χ3v) is 4.67. The third-order valence-electron chi connectivity index (χ3n) is 4.67. The van der Waals surface area contributed by atoms with Crippen molar-refractivity contribution in [3.05, 3.63) is 5.56 Å². The Morgan fingerprint density at radius 2 is 1.96 bits per heavy atom. The molecular weight excluding hydrogens is 306 g/mol. The summed E-state index contributed by atoms with van der Waals surface area (Å²) < 4.78 is 5.57. The van der Waals surface area contributed by atoms with Gasteiger partial charge in [-0.15, -0.1) is 0 Å². The lowest BCUT2D eigenvalue weighted by atomic mass is 10.2. The third kappa shape index (κ3) is 3.77. The molecule has 0 saturated carbocycles. The molecule has 1 saturated heterocycles. The number of aromatic nitrogens is 2. The van der Waals surface area contributed by atoms with Gasteiger partial charge in [-0.1, -0.05) is 13.3 Å². The Hall–Kier alpha value is -1.89. The Kier molecular flexibility index (Phi) is 5.50. The average Bonchev–Trinajstić information content (AvgIpc) is 3.17. The van der Waals surface area contributed by atoms with Crippen molar-refractivity contribution in [1.82, 2.24) is 14.9 Å². The second-order valence-electron chi connectivity index (χ2n) is 6.52. The topological polar surface area (TPSA) is 84.6 Å². The van der Waals surface area contributed by atoms with Crippen LogP contribution in [0.15, 0.2) is 0 Å². The molecule has 2 aliphatic rings. The lowest BCUT2D eigenvalue weighted by Crippen LogP contribution is -2.31. The maximum Gasteiger partial charge on any atom is 0.320 e. The number of hydrogen-bond acceptors (Lipinski definition) is 6. The lowest BCUT2D eigenvalue weighted by molar-refractivity contribution is -0.117. The summed E-state index contributed by atoms with van der Waals surface area (Å²) in [6, 6.07) is 0.277. The minimum absolute atomic E-state index is 0.0538. The van der Waals surface area contributed by atoms with Gasteiger partial charge in [-0.25, -0.2) is 0 Å². The Labute approximate surface area is 143 Å². The standard InChI is InChI=1S/C17H27N5O2/c1-2-3-11-24-17-19-15(18)13-12-14(23)22(16(13)20-17)10-6-9-21-7-4-5-8-21/h2-12H2,1H3,(H2,18,19,20). The van der Waals surface area contributed by atoms with Crippen LogP contribution in [0.3, 0.4) is 0 Å². The zero-order valence-electron chi connectivity index (χ0n) is 14.5. The molecule has 0 radical (unpaired) electrons. The minimum atomic E-state index is 0.0538. The van der Waals surface area contributed by atoms with Crippen molar-refractivity contribution in [2.75, 3.05) is 43.4 Å². The molecule has 0 bridgehead atoms. The largest absolute Gasteiger partial charge is 0.463 e. The first-order valence-corrected chi connectivity index (χ1v) is 9.01. The van der Waals surface area contributed by atoms with Crippen LogP contribution in [0.1, 0.15) is 44.6 Å². The van der Waals surface area contributed by atoms with Crippen LogP contribution in [-0.2, 0) is 11.2 Å². The number of nitrogens with zero attached hydrogens (tertiary/aromatic N) is 4. The highest BCUT2D eigenvalue weighted by atomic mass is 16.5. The number of rotatable bonds is 8. The van der Waals surface area contributed by atoms with E-state index in [2.05, 4.69) is 21.8 Å². The average molecular weight is 333 g/mol. The molecule has 0 atom stereocenters. The zero-order valence-corrected chi connectivity index (χ0v) is 14.5. The van der Waals surface area contributed by atoms with Crippen molar-refractivity contribution >= 4 is 17.5 Å². The van der Waals surface area contributed by atoms with E-state index in [9.17, 15) is 4.79 Å². The fourth-order valence-electron chi connectivity index (χ4n) is 3.29. The summed E-state index contributed by atoms with van der Waals surface area (Å²) in [6.45, 7) is 6.72. The van der Waals surface area contributed by atoms with Crippen molar-refractivity contribution < 1.29 is 9.53 Å². The molecule has 1 fully saturated rings. The summed E-state index contributed by atoms with van der Waals surface area (Å²) >= 11 is 0. The molecule has 0 aliphatic carbocycles. The molecule has 1 amide bonds. The molecular formula is C17H27N5O2. The number of carbonyl (C=O) groups is 1. The molecule has 7 heteroatoms. The molecule has 24 heavy (non-hydrogen) atoms. The van der Waals surface area contributed by atoms with Gasteiger partial charge in [-0.2, -0.15) is 9.97 Å². The van der Waals surface area contributed by atoms with Crippen LogP contribution in [0.2, 0.25) is 0 Å². The molecule has 1 aromatic rings. The van der Waals surface area contributed by atoms with E-state index >= 15 is 0 Å². The highest BCUT2D eigenvalue weighted by molar-refractivity contribution is 6.01. The van der Waals surface area contributed by atoms with Crippen LogP contribution < -0.4 is 15.4 Å². The number of likely N-dealkylation sites (tertiary alicyclic amines) is 1. The summed E-state index contributed by atoms with van der Waals surface area (Å²) in [7, 11) is 0. The normalized spacial score (nSPS) is 17.5. The predicted molar refractivity (Wildman–Crippen MR) is 93.2 cm³/mol. The Bertz CT molecular complexity index is 587. The van der Waals surface area contributed by atoms with Crippen LogP contribution in [0.5, 0.6) is 6.01 Å².